The maximum absolute atomic E-state index is 13.4. The van der Waals surface area contributed by atoms with E-state index in [1.54, 1.807) is 12.1 Å². The number of nitrogens with one attached hydrogen (secondary N) is 1. The van der Waals surface area contributed by atoms with Crippen molar-refractivity contribution in [2.75, 3.05) is 19.8 Å². The molecule has 1 aromatic carbocycles. The molecule has 2 rings (SSSR count). The minimum absolute atomic E-state index is 0.0712. The monoisotopic (exact) mass is 329 g/mol. The highest BCUT2D eigenvalue weighted by molar-refractivity contribution is 9.10. The van der Waals surface area contributed by atoms with Gasteiger partial charge >= 0.3 is 0 Å². The molecule has 0 saturated carbocycles. The van der Waals surface area contributed by atoms with E-state index in [2.05, 4.69) is 28.2 Å². The quantitative estimate of drug-likeness (QED) is 0.925. The number of rotatable bonds is 3. The molecule has 1 heterocycles. The average Bonchev–Trinajstić information content (AvgIpc) is 2.40. The fourth-order valence-electron chi connectivity index (χ4n) is 2.07. The zero-order chi connectivity index (χ0) is 13.9. The van der Waals surface area contributed by atoms with E-state index in [0.29, 0.717) is 16.6 Å². The number of carbonyl (C=O) groups excluding carboxylic acids is 1. The summed E-state index contributed by atoms with van der Waals surface area (Å²) < 4.78 is 19.0. The van der Waals surface area contributed by atoms with Gasteiger partial charge in [0.15, 0.2) is 0 Å². The number of hydrogen-bond donors (Lipinski definition) is 1. The summed E-state index contributed by atoms with van der Waals surface area (Å²) in [6.45, 7) is 4.20. The molecule has 0 aromatic heterocycles. The maximum Gasteiger partial charge on any atom is 0.251 e. The molecule has 1 aromatic rings. The Balaban J connectivity index is 1.95. The second kappa shape index (κ2) is 6.01. The van der Waals surface area contributed by atoms with Crippen molar-refractivity contribution < 1.29 is 13.9 Å². The van der Waals surface area contributed by atoms with Crippen LogP contribution in [0.4, 0.5) is 4.39 Å². The van der Waals surface area contributed by atoms with Crippen molar-refractivity contribution in [1.29, 1.82) is 0 Å². The molecule has 1 fully saturated rings. The highest BCUT2D eigenvalue weighted by Gasteiger charge is 2.27. The van der Waals surface area contributed by atoms with Crippen molar-refractivity contribution in [3.63, 3.8) is 0 Å². The summed E-state index contributed by atoms with van der Waals surface area (Å²) in [5, 5.41) is 2.88. The van der Waals surface area contributed by atoms with Crippen LogP contribution in [0.15, 0.2) is 22.7 Å². The van der Waals surface area contributed by atoms with Crippen LogP contribution in [-0.4, -0.2) is 25.7 Å². The predicted octanol–water partition coefficient (Wildman–Crippen LogP) is 3.13. The summed E-state index contributed by atoms with van der Waals surface area (Å²) in [7, 11) is 0. The van der Waals surface area contributed by atoms with Crippen molar-refractivity contribution in [2.45, 2.75) is 19.8 Å². The molecule has 0 spiro atoms. The summed E-state index contributed by atoms with van der Waals surface area (Å²) in [5.74, 6) is -0.663. The molecule has 0 aliphatic carbocycles. The van der Waals surface area contributed by atoms with Crippen LogP contribution in [0, 0.1) is 11.2 Å². The summed E-state index contributed by atoms with van der Waals surface area (Å²) in [6, 6.07) is 4.39. The molecule has 0 radical (unpaired) electrons. The summed E-state index contributed by atoms with van der Waals surface area (Å²) in [4.78, 5) is 12.0. The predicted molar refractivity (Wildman–Crippen MR) is 74.6 cm³/mol. The first-order valence-electron chi connectivity index (χ1n) is 6.31. The molecule has 104 valence electrons. The Hall–Kier alpha value is -0.940. The van der Waals surface area contributed by atoms with Gasteiger partial charge in [0.2, 0.25) is 0 Å². The van der Waals surface area contributed by atoms with Crippen LogP contribution < -0.4 is 5.32 Å². The van der Waals surface area contributed by atoms with Crippen LogP contribution in [0.3, 0.4) is 0 Å². The minimum atomic E-state index is -0.426. The van der Waals surface area contributed by atoms with Crippen LogP contribution >= 0.6 is 15.9 Å². The summed E-state index contributed by atoms with van der Waals surface area (Å²) in [6.07, 6.45) is 1.87. The molecular weight excluding hydrogens is 313 g/mol. The standard InChI is InChI=1S/C14H17BrFNO2/c1-14(4-6-19-7-5-14)9-17-13(18)10-2-3-11(15)12(16)8-10/h2-3,8H,4-7,9H2,1H3,(H,17,18). The lowest BCUT2D eigenvalue weighted by Crippen LogP contribution is -2.39. The largest absolute Gasteiger partial charge is 0.381 e. The molecule has 0 atom stereocenters. The van der Waals surface area contributed by atoms with E-state index < -0.39 is 5.82 Å². The molecule has 0 unspecified atom stereocenters. The number of hydrogen-bond acceptors (Lipinski definition) is 2. The second-order valence-corrected chi connectivity index (χ2v) is 6.09. The lowest BCUT2D eigenvalue weighted by atomic mass is 9.82. The van der Waals surface area contributed by atoms with E-state index in [4.69, 9.17) is 4.74 Å². The first kappa shape index (κ1) is 14.5. The van der Waals surface area contributed by atoms with E-state index >= 15 is 0 Å². The molecule has 1 amide bonds. The zero-order valence-corrected chi connectivity index (χ0v) is 12.4. The van der Waals surface area contributed by atoms with Gasteiger partial charge in [-0.2, -0.15) is 0 Å². The zero-order valence-electron chi connectivity index (χ0n) is 10.8. The van der Waals surface area contributed by atoms with Gasteiger partial charge in [-0.1, -0.05) is 6.92 Å². The first-order chi connectivity index (χ1) is 9.00. The normalized spacial score (nSPS) is 18.1. The topological polar surface area (TPSA) is 38.3 Å². The SMILES string of the molecule is CC1(CNC(=O)c2ccc(Br)c(F)c2)CCOCC1. The second-order valence-electron chi connectivity index (χ2n) is 5.23. The fraction of sp³-hybridized carbons (Fsp3) is 0.500. The molecule has 0 bridgehead atoms. The van der Waals surface area contributed by atoms with Gasteiger partial charge in [0.05, 0.1) is 4.47 Å². The fourth-order valence-corrected chi connectivity index (χ4v) is 2.32. The molecule has 1 saturated heterocycles. The van der Waals surface area contributed by atoms with Crippen molar-refractivity contribution in [1.82, 2.24) is 5.32 Å². The van der Waals surface area contributed by atoms with Gasteiger partial charge in [-0.25, -0.2) is 4.39 Å². The van der Waals surface area contributed by atoms with Crippen molar-refractivity contribution in [3.05, 3.63) is 34.1 Å². The third-order valence-electron chi connectivity index (χ3n) is 3.56. The van der Waals surface area contributed by atoms with E-state index in [0.717, 1.165) is 26.1 Å². The molecule has 1 aliphatic rings. The van der Waals surface area contributed by atoms with Gasteiger partial charge < -0.3 is 10.1 Å². The minimum Gasteiger partial charge on any atom is -0.381 e. The van der Waals surface area contributed by atoms with E-state index in [-0.39, 0.29) is 11.3 Å². The van der Waals surface area contributed by atoms with Gasteiger partial charge in [0.25, 0.3) is 5.91 Å². The van der Waals surface area contributed by atoms with Crippen molar-refractivity contribution >= 4 is 21.8 Å². The van der Waals surface area contributed by atoms with E-state index in [9.17, 15) is 9.18 Å². The Morgan fingerprint density at radius 3 is 2.79 bits per heavy atom. The molecule has 3 nitrogen and oxygen atoms in total. The lowest BCUT2D eigenvalue weighted by Gasteiger charge is -2.33. The van der Waals surface area contributed by atoms with Crippen LogP contribution in [0.1, 0.15) is 30.1 Å². The van der Waals surface area contributed by atoms with Crippen LogP contribution in [0.5, 0.6) is 0 Å². The molecule has 1 N–H and O–H groups in total. The van der Waals surface area contributed by atoms with Crippen LogP contribution in [0.25, 0.3) is 0 Å². The van der Waals surface area contributed by atoms with Crippen molar-refractivity contribution in [2.24, 2.45) is 5.41 Å². The van der Waals surface area contributed by atoms with Gasteiger partial charge in [0, 0.05) is 25.3 Å². The molecule has 1 aliphatic heterocycles. The Bertz CT molecular complexity index is 473. The third-order valence-corrected chi connectivity index (χ3v) is 4.20. The Kier molecular flexibility index (Phi) is 4.58. The number of carbonyl (C=O) groups is 1. The first-order valence-corrected chi connectivity index (χ1v) is 7.10. The number of amides is 1. The van der Waals surface area contributed by atoms with Gasteiger partial charge in [-0.15, -0.1) is 0 Å². The molecular formula is C14H17BrFNO2. The number of benzene rings is 1. The van der Waals surface area contributed by atoms with Crippen LogP contribution in [0.2, 0.25) is 0 Å². The summed E-state index contributed by atoms with van der Waals surface area (Å²) >= 11 is 3.07. The van der Waals surface area contributed by atoms with Crippen LogP contribution in [-0.2, 0) is 4.74 Å². The highest BCUT2D eigenvalue weighted by atomic mass is 79.9. The Labute approximate surface area is 120 Å². The van der Waals surface area contributed by atoms with E-state index in [1.165, 1.54) is 6.07 Å². The number of ether oxygens (including phenoxy) is 1. The van der Waals surface area contributed by atoms with E-state index in [1.807, 2.05) is 0 Å². The molecule has 19 heavy (non-hydrogen) atoms. The smallest absolute Gasteiger partial charge is 0.251 e. The molecule has 5 heteroatoms. The Morgan fingerprint density at radius 1 is 1.47 bits per heavy atom. The third kappa shape index (κ3) is 3.76. The van der Waals surface area contributed by atoms with Crippen molar-refractivity contribution in [3.8, 4) is 0 Å². The average molecular weight is 330 g/mol. The van der Waals surface area contributed by atoms with Gasteiger partial charge in [0.1, 0.15) is 5.82 Å². The van der Waals surface area contributed by atoms with Gasteiger partial charge in [-0.05, 0) is 52.4 Å². The Morgan fingerprint density at radius 2 is 2.16 bits per heavy atom. The number of halogens is 2. The lowest BCUT2D eigenvalue weighted by molar-refractivity contribution is 0.0238. The van der Waals surface area contributed by atoms with Gasteiger partial charge in [-0.3, -0.25) is 4.79 Å². The summed E-state index contributed by atoms with van der Waals surface area (Å²) in [5.41, 5.74) is 0.415. The highest BCUT2D eigenvalue weighted by Crippen LogP contribution is 2.28. The maximum atomic E-state index is 13.4.